The third kappa shape index (κ3) is 3.52. The minimum absolute atomic E-state index is 0.164. The van der Waals surface area contributed by atoms with E-state index in [0.29, 0.717) is 34.2 Å². The number of carbonyl (C=O) groups is 1. The minimum atomic E-state index is -0.256. The predicted molar refractivity (Wildman–Crippen MR) is 98.1 cm³/mol. The Balaban J connectivity index is 1.83. The number of hydrogen-bond acceptors (Lipinski definition) is 5. The van der Waals surface area contributed by atoms with Gasteiger partial charge in [-0.15, -0.1) is 11.3 Å². The molecule has 5 nitrogen and oxygen atoms in total. The second-order valence-electron chi connectivity index (χ2n) is 5.44. The van der Waals surface area contributed by atoms with Crippen LogP contribution in [-0.2, 0) is 11.2 Å². The Hall–Kier alpha value is -2.78. The van der Waals surface area contributed by atoms with Crippen molar-refractivity contribution >= 4 is 28.3 Å². The molecule has 0 atom stereocenters. The summed E-state index contributed by atoms with van der Waals surface area (Å²) in [7, 11) is 0. The molecule has 6 heteroatoms. The van der Waals surface area contributed by atoms with Gasteiger partial charge in [-0.25, -0.2) is 0 Å². The number of nitrogens with one attached hydrogen (secondary N) is 1. The number of nitrogens with zero attached hydrogens (tertiary/aromatic N) is 1. The molecule has 1 N–H and O–H groups in total. The monoisotopic (exact) mass is 354 g/mol. The van der Waals surface area contributed by atoms with Gasteiger partial charge in [-0.3, -0.25) is 4.79 Å². The van der Waals surface area contributed by atoms with E-state index in [4.69, 9.17) is 9.47 Å². The summed E-state index contributed by atoms with van der Waals surface area (Å²) in [5.74, 6) is 1.07. The number of thiophene rings is 1. The first-order chi connectivity index (χ1) is 12.2. The van der Waals surface area contributed by atoms with Crippen LogP contribution in [0.1, 0.15) is 29.9 Å². The van der Waals surface area contributed by atoms with Gasteiger partial charge in [0.2, 0.25) is 0 Å². The Labute approximate surface area is 150 Å². The smallest absolute Gasteiger partial charge is 0.255 e. The minimum Gasteiger partial charge on any atom is -0.490 e. The SMILES string of the molecule is CCOc1cccc2c1OCC(C(=O)Nc1sc(CC)cc1C#N)=C2. The molecule has 0 saturated heterocycles. The molecule has 0 spiro atoms. The van der Waals surface area contributed by atoms with Crippen LogP contribution in [0.3, 0.4) is 0 Å². The fourth-order valence-corrected chi connectivity index (χ4v) is 3.50. The van der Waals surface area contributed by atoms with Gasteiger partial charge in [-0.05, 0) is 31.6 Å². The lowest BCUT2D eigenvalue weighted by Crippen LogP contribution is -2.21. The topological polar surface area (TPSA) is 71.3 Å². The first kappa shape index (κ1) is 17.1. The van der Waals surface area contributed by atoms with Gasteiger partial charge in [-0.1, -0.05) is 19.1 Å². The van der Waals surface area contributed by atoms with Crippen LogP contribution in [-0.4, -0.2) is 19.1 Å². The van der Waals surface area contributed by atoms with Crippen molar-refractivity contribution in [3.05, 3.63) is 45.8 Å². The Morgan fingerprint density at radius 1 is 1.44 bits per heavy atom. The van der Waals surface area contributed by atoms with Crippen LogP contribution in [0.2, 0.25) is 0 Å². The zero-order chi connectivity index (χ0) is 17.8. The van der Waals surface area contributed by atoms with Crippen molar-refractivity contribution in [1.29, 1.82) is 5.26 Å². The lowest BCUT2D eigenvalue weighted by Gasteiger charge is -2.20. The highest BCUT2D eigenvalue weighted by Gasteiger charge is 2.21. The Kier molecular flexibility index (Phi) is 5.05. The second-order valence-corrected chi connectivity index (χ2v) is 6.58. The number of nitriles is 1. The number of hydrogen-bond donors (Lipinski definition) is 1. The number of para-hydroxylation sites is 1. The molecule has 2 aromatic rings. The molecule has 0 bridgehead atoms. The summed E-state index contributed by atoms with van der Waals surface area (Å²) in [6.07, 6.45) is 2.63. The van der Waals surface area contributed by atoms with Crippen molar-refractivity contribution in [3.63, 3.8) is 0 Å². The van der Waals surface area contributed by atoms with Crippen LogP contribution < -0.4 is 14.8 Å². The van der Waals surface area contributed by atoms with Crippen LogP contribution in [0.15, 0.2) is 29.8 Å². The van der Waals surface area contributed by atoms with E-state index >= 15 is 0 Å². The van der Waals surface area contributed by atoms with Gasteiger partial charge in [0.25, 0.3) is 5.91 Å². The Bertz CT molecular complexity index is 877. The third-order valence-electron chi connectivity index (χ3n) is 3.78. The molecule has 3 rings (SSSR count). The summed E-state index contributed by atoms with van der Waals surface area (Å²) in [6, 6.07) is 9.53. The normalized spacial score (nSPS) is 12.4. The van der Waals surface area contributed by atoms with E-state index in [1.807, 2.05) is 38.1 Å². The molecule has 0 aliphatic carbocycles. The zero-order valence-electron chi connectivity index (χ0n) is 14.1. The van der Waals surface area contributed by atoms with Crippen molar-refractivity contribution in [3.8, 4) is 17.6 Å². The van der Waals surface area contributed by atoms with Crippen molar-refractivity contribution in [2.24, 2.45) is 0 Å². The summed E-state index contributed by atoms with van der Waals surface area (Å²) >= 11 is 1.43. The van der Waals surface area contributed by atoms with Gasteiger partial charge < -0.3 is 14.8 Å². The molecule has 2 heterocycles. The van der Waals surface area contributed by atoms with E-state index in [1.165, 1.54) is 11.3 Å². The first-order valence-corrected chi connectivity index (χ1v) is 8.91. The number of rotatable bonds is 5. The van der Waals surface area contributed by atoms with Crippen molar-refractivity contribution < 1.29 is 14.3 Å². The molecule has 1 aliphatic rings. The highest BCUT2D eigenvalue weighted by atomic mass is 32.1. The molecule has 1 aromatic carbocycles. The fourth-order valence-electron chi connectivity index (χ4n) is 2.56. The van der Waals surface area contributed by atoms with Crippen LogP contribution in [0.25, 0.3) is 6.08 Å². The number of amides is 1. The summed E-state index contributed by atoms with van der Waals surface area (Å²) in [5, 5.41) is 12.6. The number of anilines is 1. The van der Waals surface area contributed by atoms with Gasteiger partial charge in [0.1, 0.15) is 17.7 Å². The van der Waals surface area contributed by atoms with E-state index in [-0.39, 0.29) is 12.5 Å². The van der Waals surface area contributed by atoms with Crippen molar-refractivity contribution in [2.75, 3.05) is 18.5 Å². The van der Waals surface area contributed by atoms with Crippen LogP contribution in [0.5, 0.6) is 11.5 Å². The molecule has 0 unspecified atom stereocenters. The highest BCUT2D eigenvalue weighted by Crippen LogP contribution is 2.36. The van der Waals surface area contributed by atoms with Crippen molar-refractivity contribution in [1.82, 2.24) is 0 Å². The maximum atomic E-state index is 12.6. The number of fused-ring (bicyclic) bond motifs is 1. The van der Waals surface area contributed by atoms with Gasteiger partial charge in [-0.2, -0.15) is 5.26 Å². The summed E-state index contributed by atoms with van der Waals surface area (Å²) in [4.78, 5) is 13.6. The lowest BCUT2D eigenvalue weighted by molar-refractivity contribution is -0.113. The summed E-state index contributed by atoms with van der Waals surface area (Å²) in [5.41, 5.74) is 1.81. The zero-order valence-corrected chi connectivity index (χ0v) is 14.9. The molecule has 0 saturated carbocycles. The van der Waals surface area contributed by atoms with Gasteiger partial charge >= 0.3 is 0 Å². The molecule has 1 amide bonds. The van der Waals surface area contributed by atoms with E-state index in [2.05, 4.69) is 11.4 Å². The molecule has 0 radical (unpaired) electrons. The average molecular weight is 354 g/mol. The maximum Gasteiger partial charge on any atom is 0.255 e. The van der Waals surface area contributed by atoms with Gasteiger partial charge in [0.05, 0.1) is 17.7 Å². The average Bonchev–Trinajstić information content (AvgIpc) is 3.03. The fraction of sp³-hybridized carbons (Fsp3) is 0.263. The van der Waals surface area contributed by atoms with E-state index in [0.717, 1.165) is 16.9 Å². The summed E-state index contributed by atoms with van der Waals surface area (Å²) in [6.45, 7) is 4.64. The van der Waals surface area contributed by atoms with Crippen LogP contribution >= 0.6 is 11.3 Å². The largest absolute Gasteiger partial charge is 0.490 e. The van der Waals surface area contributed by atoms with Gasteiger partial charge in [0.15, 0.2) is 11.5 Å². The number of carbonyl (C=O) groups excluding carboxylic acids is 1. The second kappa shape index (κ2) is 7.41. The molecular weight excluding hydrogens is 336 g/mol. The Morgan fingerprint density at radius 2 is 2.28 bits per heavy atom. The first-order valence-electron chi connectivity index (χ1n) is 8.09. The molecule has 1 aliphatic heterocycles. The maximum absolute atomic E-state index is 12.6. The molecule has 1 aromatic heterocycles. The molecule has 25 heavy (non-hydrogen) atoms. The number of aryl methyl sites for hydroxylation is 1. The number of benzene rings is 1. The quantitative estimate of drug-likeness (QED) is 0.881. The highest BCUT2D eigenvalue weighted by molar-refractivity contribution is 7.16. The standard InChI is InChI=1S/C19H18N2O3S/c1-3-15-9-13(10-20)19(25-15)21-18(22)14-8-12-6-5-7-16(23-4-2)17(12)24-11-14/h5-9H,3-4,11H2,1-2H3,(H,21,22). The lowest BCUT2D eigenvalue weighted by atomic mass is 10.1. The van der Waals surface area contributed by atoms with E-state index in [9.17, 15) is 10.1 Å². The van der Waals surface area contributed by atoms with E-state index < -0.39 is 0 Å². The van der Waals surface area contributed by atoms with Gasteiger partial charge in [0, 0.05) is 10.4 Å². The molecule has 128 valence electrons. The summed E-state index contributed by atoms with van der Waals surface area (Å²) < 4.78 is 11.3. The number of ether oxygens (including phenoxy) is 2. The van der Waals surface area contributed by atoms with Crippen molar-refractivity contribution in [2.45, 2.75) is 20.3 Å². The third-order valence-corrected chi connectivity index (χ3v) is 4.98. The van der Waals surface area contributed by atoms with Crippen LogP contribution in [0.4, 0.5) is 5.00 Å². The van der Waals surface area contributed by atoms with Crippen LogP contribution in [0, 0.1) is 11.3 Å². The van der Waals surface area contributed by atoms with E-state index in [1.54, 1.807) is 6.08 Å². The molecule has 0 fully saturated rings. The Morgan fingerprint density at radius 3 is 3.00 bits per heavy atom. The molecular formula is C19H18N2O3S. The predicted octanol–water partition coefficient (Wildman–Crippen LogP) is 4.00.